The molecule has 0 radical (unpaired) electrons. The van der Waals surface area contributed by atoms with Gasteiger partial charge in [0.05, 0.1) is 19.8 Å². The van der Waals surface area contributed by atoms with Crippen LogP contribution in [0.3, 0.4) is 0 Å². The molecule has 1 rings (SSSR count). The fourth-order valence-corrected chi connectivity index (χ4v) is 1.98. The second kappa shape index (κ2) is 7.98. The predicted octanol–water partition coefficient (Wildman–Crippen LogP) is 3.89. The molecule has 0 bridgehead atoms. The van der Waals surface area contributed by atoms with Crippen LogP contribution in [0, 0.1) is 0 Å². The summed E-state index contributed by atoms with van der Waals surface area (Å²) in [5, 5.41) is 9.52. The highest BCUT2D eigenvalue weighted by molar-refractivity contribution is 5.41. The van der Waals surface area contributed by atoms with Crippen molar-refractivity contribution in [3.8, 4) is 11.5 Å². The summed E-state index contributed by atoms with van der Waals surface area (Å²) < 4.78 is 11.0. The molecule has 1 aromatic carbocycles. The summed E-state index contributed by atoms with van der Waals surface area (Å²) in [7, 11) is 1.55. The van der Waals surface area contributed by atoms with E-state index < -0.39 is 0 Å². The standard InChI is InChI=1S/C15H24O3/c1-4-6-13(7-5-2)18-11-12-8-9-14(16)15(10-12)17-3/h8-10,13,16H,4-7,11H2,1-3H3. The lowest BCUT2D eigenvalue weighted by molar-refractivity contribution is 0.0284. The Kier molecular flexibility index (Phi) is 6.58. The molecule has 0 aliphatic heterocycles. The molecule has 0 aromatic heterocycles. The maximum absolute atomic E-state index is 9.52. The SMILES string of the molecule is CCCC(CCC)OCc1ccc(O)c(OC)c1. The Labute approximate surface area is 110 Å². The Hall–Kier alpha value is -1.22. The Morgan fingerprint density at radius 3 is 2.39 bits per heavy atom. The summed E-state index contributed by atoms with van der Waals surface area (Å²) >= 11 is 0. The maximum atomic E-state index is 9.52. The van der Waals surface area contributed by atoms with E-state index in [2.05, 4.69) is 13.8 Å². The third-order valence-corrected chi connectivity index (χ3v) is 2.95. The van der Waals surface area contributed by atoms with E-state index in [-0.39, 0.29) is 5.75 Å². The molecule has 1 N–H and O–H groups in total. The van der Waals surface area contributed by atoms with E-state index in [4.69, 9.17) is 9.47 Å². The molecule has 0 amide bonds. The number of phenolic OH excluding ortho intramolecular Hbond substituents is 1. The number of rotatable bonds is 8. The molecule has 0 spiro atoms. The summed E-state index contributed by atoms with van der Waals surface area (Å²) in [6.45, 7) is 4.92. The molecule has 0 saturated heterocycles. The number of ether oxygens (including phenoxy) is 2. The van der Waals surface area contributed by atoms with Gasteiger partial charge in [-0.05, 0) is 30.5 Å². The summed E-state index contributed by atoms with van der Waals surface area (Å²) in [6, 6.07) is 5.34. The van der Waals surface area contributed by atoms with Crippen molar-refractivity contribution < 1.29 is 14.6 Å². The number of aromatic hydroxyl groups is 1. The fraction of sp³-hybridized carbons (Fsp3) is 0.600. The Bertz CT molecular complexity index is 344. The van der Waals surface area contributed by atoms with Gasteiger partial charge in [-0.2, -0.15) is 0 Å². The van der Waals surface area contributed by atoms with Gasteiger partial charge in [0.25, 0.3) is 0 Å². The van der Waals surface area contributed by atoms with Crippen molar-refractivity contribution in [3.63, 3.8) is 0 Å². The molecule has 0 saturated carbocycles. The van der Waals surface area contributed by atoms with Crippen LogP contribution >= 0.6 is 0 Å². The average Bonchev–Trinajstić information content (AvgIpc) is 2.38. The highest BCUT2D eigenvalue weighted by atomic mass is 16.5. The van der Waals surface area contributed by atoms with E-state index in [0.717, 1.165) is 31.2 Å². The first-order chi connectivity index (χ1) is 8.71. The monoisotopic (exact) mass is 252 g/mol. The van der Waals surface area contributed by atoms with Gasteiger partial charge < -0.3 is 14.6 Å². The molecule has 0 unspecified atom stereocenters. The van der Waals surface area contributed by atoms with E-state index in [1.807, 2.05) is 12.1 Å². The van der Waals surface area contributed by atoms with Crippen molar-refractivity contribution in [2.45, 2.75) is 52.2 Å². The number of phenols is 1. The number of hydrogen-bond donors (Lipinski definition) is 1. The molecule has 18 heavy (non-hydrogen) atoms. The van der Waals surface area contributed by atoms with Crippen LogP contribution in [0.2, 0.25) is 0 Å². The third-order valence-electron chi connectivity index (χ3n) is 2.95. The largest absolute Gasteiger partial charge is 0.504 e. The van der Waals surface area contributed by atoms with Gasteiger partial charge in [-0.1, -0.05) is 32.8 Å². The smallest absolute Gasteiger partial charge is 0.160 e. The zero-order chi connectivity index (χ0) is 13.4. The minimum absolute atomic E-state index is 0.167. The van der Waals surface area contributed by atoms with E-state index in [9.17, 15) is 5.11 Å². The molecule has 102 valence electrons. The molecule has 3 heteroatoms. The first-order valence-corrected chi connectivity index (χ1v) is 6.68. The zero-order valence-electron chi connectivity index (χ0n) is 11.6. The third kappa shape index (κ3) is 4.57. The van der Waals surface area contributed by atoms with Crippen molar-refractivity contribution in [1.82, 2.24) is 0 Å². The number of methoxy groups -OCH3 is 1. The van der Waals surface area contributed by atoms with Crippen LogP contribution < -0.4 is 4.74 Å². The van der Waals surface area contributed by atoms with Crippen molar-refractivity contribution in [2.75, 3.05) is 7.11 Å². The van der Waals surface area contributed by atoms with Crippen LogP contribution in [0.5, 0.6) is 11.5 Å². The van der Waals surface area contributed by atoms with Gasteiger partial charge in [0, 0.05) is 0 Å². The van der Waals surface area contributed by atoms with E-state index in [1.54, 1.807) is 13.2 Å². The van der Waals surface area contributed by atoms with Gasteiger partial charge in [-0.3, -0.25) is 0 Å². The quantitative estimate of drug-likeness (QED) is 0.763. The topological polar surface area (TPSA) is 38.7 Å². The van der Waals surface area contributed by atoms with Gasteiger partial charge in [-0.15, -0.1) is 0 Å². The first kappa shape index (κ1) is 14.8. The highest BCUT2D eigenvalue weighted by Crippen LogP contribution is 2.26. The summed E-state index contributed by atoms with van der Waals surface area (Å²) in [6.07, 6.45) is 4.82. The van der Waals surface area contributed by atoms with Crippen molar-refractivity contribution in [1.29, 1.82) is 0 Å². The van der Waals surface area contributed by atoms with Crippen LogP contribution in [-0.4, -0.2) is 18.3 Å². The predicted molar refractivity (Wildman–Crippen MR) is 73.1 cm³/mol. The lowest BCUT2D eigenvalue weighted by Crippen LogP contribution is -2.12. The van der Waals surface area contributed by atoms with Crippen molar-refractivity contribution in [2.24, 2.45) is 0 Å². The van der Waals surface area contributed by atoms with Gasteiger partial charge >= 0.3 is 0 Å². The fourth-order valence-electron chi connectivity index (χ4n) is 1.98. The molecule has 1 aromatic rings. The second-order valence-electron chi connectivity index (χ2n) is 4.52. The van der Waals surface area contributed by atoms with Gasteiger partial charge in [-0.25, -0.2) is 0 Å². The van der Waals surface area contributed by atoms with E-state index in [1.165, 1.54) is 0 Å². The summed E-state index contributed by atoms with van der Waals surface area (Å²) in [5.74, 6) is 0.665. The molecule has 0 aliphatic rings. The minimum Gasteiger partial charge on any atom is -0.504 e. The Morgan fingerprint density at radius 2 is 1.83 bits per heavy atom. The van der Waals surface area contributed by atoms with Crippen LogP contribution in [0.1, 0.15) is 45.1 Å². The molecule has 0 heterocycles. The van der Waals surface area contributed by atoms with Crippen LogP contribution in [0.15, 0.2) is 18.2 Å². The van der Waals surface area contributed by atoms with Crippen molar-refractivity contribution in [3.05, 3.63) is 23.8 Å². The lowest BCUT2D eigenvalue weighted by Gasteiger charge is -2.16. The molecule has 0 fully saturated rings. The summed E-state index contributed by atoms with van der Waals surface area (Å²) in [5.41, 5.74) is 1.03. The minimum atomic E-state index is 0.167. The first-order valence-electron chi connectivity index (χ1n) is 6.68. The van der Waals surface area contributed by atoms with Gasteiger partial charge in [0.15, 0.2) is 11.5 Å². The number of hydrogen-bond acceptors (Lipinski definition) is 3. The molecule has 3 nitrogen and oxygen atoms in total. The van der Waals surface area contributed by atoms with Crippen molar-refractivity contribution >= 4 is 0 Å². The van der Waals surface area contributed by atoms with Gasteiger partial charge in [0.1, 0.15) is 0 Å². The molecular weight excluding hydrogens is 228 g/mol. The zero-order valence-corrected chi connectivity index (χ0v) is 11.6. The van der Waals surface area contributed by atoms with E-state index >= 15 is 0 Å². The Balaban J connectivity index is 2.55. The second-order valence-corrected chi connectivity index (χ2v) is 4.52. The lowest BCUT2D eigenvalue weighted by atomic mass is 10.1. The Morgan fingerprint density at radius 1 is 1.17 bits per heavy atom. The van der Waals surface area contributed by atoms with Crippen LogP contribution in [0.4, 0.5) is 0 Å². The molecule has 0 atom stereocenters. The normalized spacial score (nSPS) is 10.9. The van der Waals surface area contributed by atoms with Gasteiger partial charge in [0.2, 0.25) is 0 Å². The molecule has 0 aliphatic carbocycles. The highest BCUT2D eigenvalue weighted by Gasteiger charge is 2.08. The number of benzene rings is 1. The van der Waals surface area contributed by atoms with Crippen LogP contribution in [-0.2, 0) is 11.3 Å². The summed E-state index contributed by atoms with van der Waals surface area (Å²) in [4.78, 5) is 0. The van der Waals surface area contributed by atoms with Crippen LogP contribution in [0.25, 0.3) is 0 Å². The van der Waals surface area contributed by atoms with E-state index in [0.29, 0.717) is 18.5 Å². The average molecular weight is 252 g/mol. The maximum Gasteiger partial charge on any atom is 0.160 e. The molecular formula is C15H24O3.